The first-order valence-electron chi connectivity index (χ1n) is 9.02. The molecule has 24 heavy (non-hydrogen) atoms. The van der Waals surface area contributed by atoms with Gasteiger partial charge in [0.1, 0.15) is 5.75 Å². The number of ketones is 1. The monoisotopic (exact) mass is 336 g/mol. The van der Waals surface area contributed by atoms with Gasteiger partial charge in [0.2, 0.25) is 0 Å². The van der Waals surface area contributed by atoms with Gasteiger partial charge >= 0.3 is 0 Å². The third-order valence-electron chi connectivity index (χ3n) is 3.63. The molecule has 0 bridgehead atoms. The van der Waals surface area contributed by atoms with Crippen LogP contribution >= 0.6 is 0 Å². The highest BCUT2D eigenvalue weighted by molar-refractivity contribution is 5.96. The van der Waals surface area contributed by atoms with Crippen molar-refractivity contribution >= 4 is 5.78 Å². The summed E-state index contributed by atoms with van der Waals surface area (Å²) in [6, 6.07) is 3.89. The molecule has 0 aliphatic heterocycles. The Bertz CT molecular complexity index is 495. The summed E-state index contributed by atoms with van der Waals surface area (Å²) in [4.78, 5) is 11.8. The molecular formula is C21H36O3. The van der Waals surface area contributed by atoms with Gasteiger partial charge in [-0.3, -0.25) is 4.79 Å². The van der Waals surface area contributed by atoms with Crippen molar-refractivity contribution < 1.29 is 14.3 Å². The highest BCUT2D eigenvalue weighted by Gasteiger charge is 2.22. The number of carbonyl (C=O) groups is 1. The smallest absolute Gasteiger partial charge is 0.162 e. The lowest BCUT2D eigenvalue weighted by Gasteiger charge is -2.24. The number of hydrogen-bond donors (Lipinski definition) is 0. The number of methoxy groups -OCH3 is 1. The highest BCUT2D eigenvalue weighted by Crippen LogP contribution is 2.35. The van der Waals surface area contributed by atoms with E-state index >= 15 is 0 Å². The normalized spacial score (nSPS) is 10.8. The molecule has 0 N–H and O–H groups in total. The van der Waals surface area contributed by atoms with Crippen molar-refractivity contribution in [3.63, 3.8) is 0 Å². The first-order valence-corrected chi connectivity index (χ1v) is 9.02. The first kappa shape index (κ1) is 22.6. The van der Waals surface area contributed by atoms with E-state index in [2.05, 4.69) is 34.6 Å². The van der Waals surface area contributed by atoms with Gasteiger partial charge in [-0.15, -0.1) is 0 Å². The van der Waals surface area contributed by atoms with E-state index in [1.807, 2.05) is 26.0 Å². The van der Waals surface area contributed by atoms with E-state index < -0.39 is 0 Å². The van der Waals surface area contributed by atoms with E-state index in [0.29, 0.717) is 6.42 Å². The molecule has 0 aliphatic carbocycles. The zero-order valence-electron chi connectivity index (χ0n) is 16.9. The average Bonchev–Trinajstić information content (AvgIpc) is 2.53. The summed E-state index contributed by atoms with van der Waals surface area (Å²) in [5.74, 6) is 1.08. The largest absolute Gasteiger partial charge is 0.496 e. The second-order valence-corrected chi connectivity index (χ2v) is 7.01. The maximum absolute atomic E-state index is 11.8. The van der Waals surface area contributed by atoms with Crippen molar-refractivity contribution in [2.45, 2.75) is 73.1 Å². The van der Waals surface area contributed by atoms with Crippen LogP contribution in [0, 0.1) is 6.92 Å². The molecule has 0 heterocycles. The number of aryl methyl sites for hydroxylation is 1. The molecule has 1 rings (SSSR count). The van der Waals surface area contributed by atoms with Gasteiger partial charge in [0, 0.05) is 30.8 Å². The summed E-state index contributed by atoms with van der Waals surface area (Å²) in [5.41, 5.74) is 2.88. The van der Waals surface area contributed by atoms with Crippen LogP contribution in [0.25, 0.3) is 0 Å². The fraction of sp³-hybridized carbons (Fsp3) is 0.667. The Kier molecular flexibility index (Phi) is 10.6. The topological polar surface area (TPSA) is 35.5 Å². The van der Waals surface area contributed by atoms with Crippen LogP contribution in [0.15, 0.2) is 12.1 Å². The van der Waals surface area contributed by atoms with Gasteiger partial charge in [-0.1, -0.05) is 41.5 Å². The van der Waals surface area contributed by atoms with E-state index in [1.54, 1.807) is 7.11 Å². The number of Topliss-reactive ketones (excluding diaryl/α,β-unsaturated/α-hetero) is 1. The van der Waals surface area contributed by atoms with Gasteiger partial charge in [0.15, 0.2) is 5.78 Å². The van der Waals surface area contributed by atoms with Crippen LogP contribution in [0.2, 0.25) is 0 Å². The minimum atomic E-state index is -0.0276. The quantitative estimate of drug-likeness (QED) is 0.472. The van der Waals surface area contributed by atoms with Crippen molar-refractivity contribution in [3.05, 3.63) is 28.8 Å². The number of rotatable bonds is 7. The average molecular weight is 337 g/mol. The van der Waals surface area contributed by atoms with Gasteiger partial charge in [-0.05, 0) is 42.9 Å². The van der Waals surface area contributed by atoms with Gasteiger partial charge < -0.3 is 9.47 Å². The SMILES string of the molecule is CCC(=O)c1cc(C)c(OC)c(C(C)(C)C)c1.CCCOCCC. The molecule has 0 amide bonds. The van der Waals surface area contributed by atoms with Crippen LogP contribution in [0.5, 0.6) is 5.75 Å². The van der Waals surface area contributed by atoms with Crippen LogP contribution in [0.3, 0.4) is 0 Å². The third kappa shape index (κ3) is 7.48. The molecule has 0 aliphatic rings. The van der Waals surface area contributed by atoms with Crippen molar-refractivity contribution in [1.29, 1.82) is 0 Å². The van der Waals surface area contributed by atoms with Crippen molar-refractivity contribution in [2.75, 3.05) is 20.3 Å². The Morgan fingerprint density at radius 2 is 1.58 bits per heavy atom. The molecule has 0 saturated heterocycles. The molecule has 0 unspecified atom stereocenters. The van der Waals surface area contributed by atoms with E-state index in [4.69, 9.17) is 9.47 Å². The lowest BCUT2D eigenvalue weighted by molar-refractivity contribution is 0.0988. The maximum atomic E-state index is 11.8. The lowest BCUT2D eigenvalue weighted by Crippen LogP contribution is -2.15. The lowest BCUT2D eigenvalue weighted by atomic mass is 9.83. The Labute approximate surface area is 148 Å². The molecule has 1 aromatic carbocycles. The summed E-state index contributed by atoms with van der Waals surface area (Å²) >= 11 is 0. The fourth-order valence-corrected chi connectivity index (χ4v) is 2.36. The summed E-state index contributed by atoms with van der Waals surface area (Å²) in [6.07, 6.45) is 2.81. The summed E-state index contributed by atoms with van der Waals surface area (Å²) in [7, 11) is 1.68. The summed E-state index contributed by atoms with van der Waals surface area (Å²) in [5, 5.41) is 0. The second kappa shape index (κ2) is 11.2. The Balaban J connectivity index is 0.000000640. The fourth-order valence-electron chi connectivity index (χ4n) is 2.36. The van der Waals surface area contributed by atoms with Crippen molar-refractivity contribution in [1.82, 2.24) is 0 Å². The number of carbonyl (C=O) groups excluding carboxylic acids is 1. The minimum absolute atomic E-state index is 0.0276. The van der Waals surface area contributed by atoms with Gasteiger partial charge in [-0.25, -0.2) is 0 Å². The van der Waals surface area contributed by atoms with Gasteiger partial charge in [0.25, 0.3) is 0 Å². The van der Waals surface area contributed by atoms with Gasteiger partial charge in [-0.2, -0.15) is 0 Å². The molecule has 0 fully saturated rings. The highest BCUT2D eigenvalue weighted by atomic mass is 16.5. The minimum Gasteiger partial charge on any atom is -0.496 e. The zero-order valence-corrected chi connectivity index (χ0v) is 16.9. The van der Waals surface area contributed by atoms with Crippen LogP contribution in [0.4, 0.5) is 0 Å². The Hall–Kier alpha value is -1.35. The predicted octanol–water partition coefficient (Wildman–Crippen LogP) is 5.72. The van der Waals surface area contributed by atoms with Crippen LogP contribution in [0.1, 0.15) is 82.3 Å². The second-order valence-electron chi connectivity index (χ2n) is 7.01. The molecular weight excluding hydrogens is 300 g/mol. The van der Waals surface area contributed by atoms with E-state index in [1.165, 1.54) is 0 Å². The Morgan fingerprint density at radius 3 is 1.96 bits per heavy atom. The van der Waals surface area contributed by atoms with Crippen LogP contribution < -0.4 is 4.74 Å². The number of hydrogen-bond acceptors (Lipinski definition) is 3. The zero-order chi connectivity index (χ0) is 18.8. The molecule has 3 heteroatoms. The van der Waals surface area contributed by atoms with E-state index in [-0.39, 0.29) is 11.2 Å². The van der Waals surface area contributed by atoms with E-state index in [0.717, 1.165) is 48.5 Å². The summed E-state index contributed by atoms with van der Waals surface area (Å²) in [6.45, 7) is 16.4. The molecule has 138 valence electrons. The van der Waals surface area contributed by atoms with Crippen LogP contribution in [-0.4, -0.2) is 26.1 Å². The molecule has 3 nitrogen and oxygen atoms in total. The molecule has 0 spiro atoms. The van der Waals surface area contributed by atoms with Gasteiger partial charge in [0.05, 0.1) is 7.11 Å². The summed E-state index contributed by atoms with van der Waals surface area (Å²) < 4.78 is 10.6. The molecule has 0 atom stereocenters. The Morgan fingerprint density at radius 1 is 1.04 bits per heavy atom. The van der Waals surface area contributed by atoms with Crippen molar-refractivity contribution in [2.24, 2.45) is 0 Å². The van der Waals surface area contributed by atoms with E-state index in [9.17, 15) is 4.79 Å². The molecule has 0 aromatic heterocycles. The predicted molar refractivity (Wildman–Crippen MR) is 102 cm³/mol. The molecule has 0 radical (unpaired) electrons. The molecule has 1 aromatic rings. The standard InChI is InChI=1S/C15H22O2.C6H14O/c1-7-13(16)11-8-10(2)14(17-6)12(9-11)15(3,4)5;1-3-5-7-6-4-2/h8-9H,7H2,1-6H3;3-6H2,1-2H3. The maximum Gasteiger partial charge on any atom is 0.162 e. The van der Waals surface area contributed by atoms with Crippen LogP contribution in [-0.2, 0) is 10.2 Å². The first-order chi connectivity index (χ1) is 11.2. The molecule has 0 saturated carbocycles. The third-order valence-corrected chi connectivity index (χ3v) is 3.63. The number of benzene rings is 1. The van der Waals surface area contributed by atoms with Crippen molar-refractivity contribution in [3.8, 4) is 5.75 Å². The number of ether oxygens (including phenoxy) is 2.